The SMILES string of the molecule is COc1ccc(C(=S)N(C)CC(=O)O)c2cccnc12. The van der Waals surface area contributed by atoms with Gasteiger partial charge in [-0.1, -0.05) is 18.3 Å². The number of carbonyl (C=O) groups is 1. The minimum Gasteiger partial charge on any atom is -0.494 e. The maximum absolute atomic E-state index is 10.8. The molecule has 0 amide bonds. The van der Waals surface area contributed by atoms with Crippen LogP contribution < -0.4 is 4.74 Å². The van der Waals surface area contributed by atoms with Crippen LogP contribution >= 0.6 is 12.2 Å². The summed E-state index contributed by atoms with van der Waals surface area (Å²) in [4.78, 5) is 17.1. The molecule has 0 atom stereocenters. The van der Waals surface area contributed by atoms with Crippen LogP contribution in [0.25, 0.3) is 10.9 Å². The summed E-state index contributed by atoms with van der Waals surface area (Å²) in [7, 11) is 3.24. The van der Waals surface area contributed by atoms with Crippen LogP contribution in [0.2, 0.25) is 0 Å². The molecular formula is C14H14N2O3S. The number of aliphatic carboxylic acids is 1. The topological polar surface area (TPSA) is 62.7 Å². The summed E-state index contributed by atoms with van der Waals surface area (Å²) in [6.07, 6.45) is 1.68. The van der Waals surface area contributed by atoms with Gasteiger partial charge in [-0.25, -0.2) is 0 Å². The first kappa shape index (κ1) is 14.2. The Bertz CT molecular complexity index is 673. The van der Waals surface area contributed by atoms with Gasteiger partial charge in [-0.3, -0.25) is 9.78 Å². The molecule has 5 nitrogen and oxygen atoms in total. The fourth-order valence-corrected chi connectivity index (χ4v) is 2.22. The number of pyridine rings is 1. The molecule has 2 rings (SSSR count). The molecule has 104 valence electrons. The van der Waals surface area contributed by atoms with Crippen molar-refractivity contribution in [2.75, 3.05) is 20.7 Å². The number of benzene rings is 1. The van der Waals surface area contributed by atoms with E-state index in [1.165, 1.54) is 4.90 Å². The molecule has 0 saturated carbocycles. The summed E-state index contributed by atoms with van der Waals surface area (Å²) in [6.45, 7) is -0.146. The standard InChI is InChI=1S/C14H14N2O3S/c1-16(8-12(17)18)14(20)10-5-6-11(19-2)13-9(10)4-3-7-15-13/h3-7H,8H2,1-2H3,(H,17,18). The number of likely N-dealkylation sites (N-methyl/N-ethyl adjacent to an activating group) is 1. The predicted octanol–water partition coefficient (Wildman–Crippen LogP) is 1.94. The first-order chi connectivity index (χ1) is 9.54. The summed E-state index contributed by atoms with van der Waals surface area (Å²) in [6, 6.07) is 7.31. The number of nitrogens with zero attached hydrogens (tertiary/aromatic N) is 2. The Balaban J connectivity index is 2.50. The van der Waals surface area contributed by atoms with Crippen molar-refractivity contribution in [3.63, 3.8) is 0 Å². The Labute approximate surface area is 121 Å². The molecule has 0 radical (unpaired) electrons. The van der Waals surface area contributed by atoms with Gasteiger partial charge < -0.3 is 14.7 Å². The lowest BCUT2D eigenvalue weighted by Crippen LogP contribution is -2.31. The van der Waals surface area contributed by atoms with E-state index in [4.69, 9.17) is 22.1 Å². The number of hydrogen-bond acceptors (Lipinski definition) is 4. The molecule has 0 bridgehead atoms. The molecular weight excluding hydrogens is 276 g/mol. The van der Waals surface area contributed by atoms with Gasteiger partial charge in [-0.2, -0.15) is 0 Å². The average molecular weight is 290 g/mol. The average Bonchev–Trinajstić information content (AvgIpc) is 2.44. The van der Waals surface area contributed by atoms with E-state index in [0.29, 0.717) is 16.3 Å². The predicted molar refractivity (Wildman–Crippen MR) is 80.3 cm³/mol. The summed E-state index contributed by atoms with van der Waals surface area (Å²) in [5.41, 5.74) is 1.48. The van der Waals surface area contributed by atoms with Crippen molar-refractivity contribution in [3.05, 3.63) is 36.0 Å². The van der Waals surface area contributed by atoms with Crippen LogP contribution in [-0.2, 0) is 4.79 Å². The number of methoxy groups -OCH3 is 1. The van der Waals surface area contributed by atoms with Gasteiger partial charge in [0.05, 0.1) is 7.11 Å². The first-order valence-corrected chi connectivity index (χ1v) is 6.34. The van der Waals surface area contributed by atoms with E-state index < -0.39 is 5.97 Å². The van der Waals surface area contributed by atoms with E-state index >= 15 is 0 Å². The lowest BCUT2D eigenvalue weighted by molar-refractivity contribution is -0.137. The highest BCUT2D eigenvalue weighted by molar-refractivity contribution is 7.80. The zero-order valence-corrected chi connectivity index (χ0v) is 12.0. The van der Waals surface area contributed by atoms with Crippen LogP contribution in [0.1, 0.15) is 5.56 Å². The highest BCUT2D eigenvalue weighted by Crippen LogP contribution is 2.27. The van der Waals surface area contributed by atoms with Gasteiger partial charge in [0.15, 0.2) is 0 Å². The van der Waals surface area contributed by atoms with E-state index in [2.05, 4.69) is 4.98 Å². The number of fused-ring (bicyclic) bond motifs is 1. The lowest BCUT2D eigenvalue weighted by atomic mass is 10.1. The maximum Gasteiger partial charge on any atom is 0.323 e. The Morgan fingerprint density at radius 3 is 2.85 bits per heavy atom. The molecule has 1 heterocycles. The summed E-state index contributed by atoms with van der Waals surface area (Å²) in [5, 5.41) is 9.68. The molecule has 0 aliphatic heterocycles. The molecule has 0 saturated heterocycles. The van der Waals surface area contributed by atoms with Gasteiger partial charge in [-0.05, 0) is 18.2 Å². The Hall–Kier alpha value is -2.21. The minimum atomic E-state index is -0.925. The Kier molecular flexibility index (Phi) is 4.14. The molecule has 2 aromatic rings. The van der Waals surface area contributed by atoms with Crippen LogP contribution in [0.4, 0.5) is 0 Å². The highest BCUT2D eigenvalue weighted by Gasteiger charge is 2.15. The number of ether oxygens (including phenoxy) is 1. The zero-order valence-electron chi connectivity index (χ0n) is 11.2. The first-order valence-electron chi connectivity index (χ1n) is 5.93. The molecule has 0 unspecified atom stereocenters. The molecule has 6 heteroatoms. The van der Waals surface area contributed by atoms with Gasteiger partial charge in [0, 0.05) is 24.2 Å². The van der Waals surface area contributed by atoms with Crippen LogP contribution in [0.3, 0.4) is 0 Å². The monoisotopic (exact) mass is 290 g/mol. The third kappa shape index (κ3) is 2.70. The van der Waals surface area contributed by atoms with Crippen LogP contribution in [0.5, 0.6) is 5.75 Å². The second kappa shape index (κ2) is 5.83. The summed E-state index contributed by atoms with van der Waals surface area (Å²) in [5.74, 6) is -0.265. The van der Waals surface area contributed by atoms with E-state index in [9.17, 15) is 4.79 Å². The minimum absolute atomic E-state index is 0.146. The van der Waals surface area contributed by atoms with Crippen LogP contribution in [-0.4, -0.2) is 46.7 Å². The van der Waals surface area contributed by atoms with Gasteiger partial charge in [-0.15, -0.1) is 0 Å². The number of thiocarbonyl (C=S) groups is 1. The number of carboxylic acid groups (broad SMARTS) is 1. The van der Waals surface area contributed by atoms with E-state index in [-0.39, 0.29) is 6.54 Å². The fraction of sp³-hybridized carbons (Fsp3) is 0.214. The van der Waals surface area contributed by atoms with E-state index in [1.54, 1.807) is 26.4 Å². The van der Waals surface area contributed by atoms with Crippen molar-refractivity contribution in [1.29, 1.82) is 0 Å². The summed E-state index contributed by atoms with van der Waals surface area (Å²) < 4.78 is 5.27. The van der Waals surface area contributed by atoms with E-state index in [0.717, 1.165) is 10.9 Å². The quantitative estimate of drug-likeness (QED) is 0.868. The van der Waals surface area contributed by atoms with Crippen molar-refractivity contribution >= 4 is 34.1 Å². The second-order valence-electron chi connectivity index (χ2n) is 4.27. The van der Waals surface area contributed by atoms with Gasteiger partial charge >= 0.3 is 5.97 Å². The summed E-state index contributed by atoms with van der Waals surface area (Å²) >= 11 is 5.36. The van der Waals surface area contributed by atoms with Gasteiger partial charge in [0.2, 0.25) is 0 Å². The zero-order chi connectivity index (χ0) is 14.7. The van der Waals surface area contributed by atoms with Gasteiger partial charge in [0.25, 0.3) is 0 Å². The molecule has 1 N–H and O–H groups in total. The van der Waals surface area contributed by atoms with Crippen molar-refractivity contribution in [1.82, 2.24) is 9.88 Å². The Morgan fingerprint density at radius 2 is 2.20 bits per heavy atom. The lowest BCUT2D eigenvalue weighted by Gasteiger charge is -2.19. The van der Waals surface area contributed by atoms with Crippen LogP contribution in [0.15, 0.2) is 30.5 Å². The molecule has 0 spiro atoms. The molecule has 20 heavy (non-hydrogen) atoms. The number of hydrogen-bond donors (Lipinski definition) is 1. The molecule has 0 fully saturated rings. The third-order valence-electron chi connectivity index (χ3n) is 2.90. The molecule has 1 aromatic heterocycles. The van der Waals surface area contributed by atoms with Crippen molar-refractivity contribution in [2.24, 2.45) is 0 Å². The van der Waals surface area contributed by atoms with Crippen molar-refractivity contribution < 1.29 is 14.6 Å². The van der Waals surface area contributed by atoms with Crippen molar-refractivity contribution in [2.45, 2.75) is 0 Å². The van der Waals surface area contributed by atoms with E-state index in [1.807, 2.05) is 18.2 Å². The molecule has 0 aliphatic rings. The third-order valence-corrected chi connectivity index (χ3v) is 3.43. The van der Waals surface area contributed by atoms with Crippen molar-refractivity contribution in [3.8, 4) is 5.75 Å². The number of carboxylic acids is 1. The fourth-order valence-electron chi connectivity index (χ4n) is 1.98. The normalized spacial score (nSPS) is 10.3. The second-order valence-corrected chi connectivity index (χ2v) is 4.66. The number of rotatable bonds is 4. The smallest absolute Gasteiger partial charge is 0.323 e. The molecule has 1 aromatic carbocycles. The highest BCUT2D eigenvalue weighted by atomic mass is 32.1. The van der Waals surface area contributed by atoms with Crippen LogP contribution in [0, 0.1) is 0 Å². The number of aromatic nitrogens is 1. The van der Waals surface area contributed by atoms with Gasteiger partial charge in [0.1, 0.15) is 22.8 Å². The Morgan fingerprint density at radius 1 is 1.45 bits per heavy atom. The molecule has 0 aliphatic carbocycles. The maximum atomic E-state index is 10.8. The largest absolute Gasteiger partial charge is 0.494 e.